The zero-order valence-electron chi connectivity index (χ0n) is 7.14. The molecule has 0 aromatic carbocycles. The first-order chi connectivity index (χ1) is 6.68. The molecule has 0 aliphatic carbocycles. The molecule has 1 amide bonds. The lowest BCUT2D eigenvalue weighted by Crippen LogP contribution is -2.20. The number of carbonyl (C=O) groups is 2. The van der Waals surface area contributed by atoms with Crippen molar-refractivity contribution < 1.29 is 14.7 Å². The smallest absolute Gasteiger partial charge is 0.328 e. The second-order valence-corrected chi connectivity index (χ2v) is 3.09. The average molecular weight is 212 g/mol. The number of hydrogen-bond acceptors (Lipinski definition) is 4. The second-order valence-electron chi connectivity index (χ2n) is 2.37. The first kappa shape index (κ1) is 10.4. The van der Waals surface area contributed by atoms with Crippen LogP contribution in [0.3, 0.4) is 0 Å². The lowest BCUT2D eigenvalue weighted by molar-refractivity contribution is -0.131. The van der Waals surface area contributed by atoms with Crippen molar-refractivity contribution in [3.05, 3.63) is 28.7 Å². The molecule has 1 aromatic heterocycles. The molecule has 0 atom stereocenters. The summed E-state index contributed by atoms with van der Waals surface area (Å²) in [4.78, 5) is 25.0. The maximum atomic E-state index is 11.0. The van der Waals surface area contributed by atoms with Crippen LogP contribution in [0.25, 0.3) is 0 Å². The maximum Gasteiger partial charge on any atom is 0.328 e. The Balaban J connectivity index is 2.32. The van der Waals surface area contributed by atoms with Gasteiger partial charge < -0.3 is 10.4 Å². The van der Waals surface area contributed by atoms with E-state index in [4.69, 9.17) is 5.11 Å². The molecule has 0 radical (unpaired) electrons. The molecule has 0 aliphatic heterocycles. The van der Waals surface area contributed by atoms with Crippen LogP contribution >= 0.6 is 11.3 Å². The summed E-state index contributed by atoms with van der Waals surface area (Å²) in [5.41, 5.74) is 2.42. The number of carboxylic acid groups (broad SMARTS) is 1. The van der Waals surface area contributed by atoms with Gasteiger partial charge in [-0.25, -0.2) is 9.78 Å². The van der Waals surface area contributed by atoms with E-state index in [1.54, 1.807) is 10.9 Å². The number of hydrogen-bond donors (Lipinski definition) is 2. The highest BCUT2D eigenvalue weighted by Gasteiger charge is 1.98. The molecule has 0 unspecified atom stereocenters. The highest BCUT2D eigenvalue weighted by atomic mass is 32.1. The van der Waals surface area contributed by atoms with Gasteiger partial charge in [-0.15, -0.1) is 11.3 Å². The van der Waals surface area contributed by atoms with Gasteiger partial charge in [0.05, 0.1) is 17.7 Å². The Morgan fingerprint density at radius 1 is 1.57 bits per heavy atom. The molecule has 0 aliphatic rings. The van der Waals surface area contributed by atoms with Crippen LogP contribution in [-0.2, 0) is 16.1 Å². The summed E-state index contributed by atoms with van der Waals surface area (Å²) in [5, 5.41) is 12.5. The maximum absolute atomic E-state index is 11.0. The number of carbonyl (C=O) groups excluding carboxylic acids is 1. The highest BCUT2D eigenvalue weighted by molar-refractivity contribution is 7.07. The summed E-state index contributed by atoms with van der Waals surface area (Å²) >= 11 is 1.43. The van der Waals surface area contributed by atoms with Crippen LogP contribution in [-0.4, -0.2) is 22.0 Å². The van der Waals surface area contributed by atoms with Gasteiger partial charge in [-0.1, -0.05) is 0 Å². The van der Waals surface area contributed by atoms with Crippen LogP contribution in [0.1, 0.15) is 5.69 Å². The van der Waals surface area contributed by atoms with Gasteiger partial charge in [0.1, 0.15) is 0 Å². The van der Waals surface area contributed by atoms with E-state index in [2.05, 4.69) is 10.3 Å². The molecule has 5 nitrogen and oxygen atoms in total. The largest absolute Gasteiger partial charge is 0.478 e. The van der Waals surface area contributed by atoms with Gasteiger partial charge in [-0.2, -0.15) is 0 Å². The number of aromatic nitrogens is 1. The third-order valence-corrected chi connectivity index (χ3v) is 1.94. The Kier molecular flexibility index (Phi) is 3.81. The Morgan fingerprint density at radius 2 is 2.36 bits per heavy atom. The minimum Gasteiger partial charge on any atom is -0.478 e. The number of nitrogens with one attached hydrogen (secondary N) is 1. The van der Waals surface area contributed by atoms with Crippen LogP contribution in [0.4, 0.5) is 0 Å². The summed E-state index contributed by atoms with van der Waals surface area (Å²) in [6.07, 6.45) is 1.76. The molecule has 1 rings (SSSR count). The Labute approximate surface area is 84.1 Å². The van der Waals surface area contributed by atoms with Gasteiger partial charge in [0.15, 0.2) is 0 Å². The second kappa shape index (κ2) is 5.13. The molecule has 1 heterocycles. The van der Waals surface area contributed by atoms with Crippen molar-refractivity contribution in [1.82, 2.24) is 10.3 Å². The molecule has 1 aromatic rings. The Hall–Kier alpha value is -1.69. The van der Waals surface area contributed by atoms with Gasteiger partial charge in [0.2, 0.25) is 5.91 Å². The fourth-order valence-electron chi connectivity index (χ4n) is 0.708. The lowest BCUT2D eigenvalue weighted by Gasteiger charge is -1.96. The van der Waals surface area contributed by atoms with Crippen molar-refractivity contribution >= 4 is 23.2 Å². The molecule has 14 heavy (non-hydrogen) atoms. The molecular weight excluding hydrogens is 204 g/mol. The summed E-state index contributed by atoms with van der Waals surface area (Å²) < 4.78 is 0. The predicted molar refractivity (Wildman–Crippen MR) is 50.7 cm³/mol. The molecule has 6 heteroatoms. The van der Waals surface area contributed by atoms with Crippen LogP contribution < -0.4 is 5.32 Å². The van der Waals surface area contributed by atoms with Crippen molar-refractivity contribution in [2.75, 3.05) is 0 Å². The monoisotopic (exact) mass is 212 g/mol. The Morgan fingerprint density at radius 3 is 2.93 bits per heavy atom. The molecule has 0 fully saturated rings. The number of carboxylic acids is 1. The summed E-state index contributed by atoms with van der Waals surface area (Å²) in [6.45, 7) is 0.312. The lowest BCUT2D eigenvalue weighted by atomic mass is 10.4. The molecule has 74 valence electrons. The van der Waals surface area contributed by atoms with E-state index >= 15 is 0 Å². The van der Waals surface area contributed by atoms with Crippen molar-refractivity contribution in [2.45, 2.75) is 6.54 Å². The van der Waals surface area contributed by atoms with Gasteiger partial charge >= 0.3 is 5.97 Å². The molecule has 0 saturated carbocycles. The van der Waals surface area contributed by atoms with E-state index in [0.29, 0.717) is 6.54 Å². The van der Waals surface area contributed by atoms with Crippen molar-refractivity contribution in [2.24, 2.45) is 0 Å². The zero-order chi connectivity index (χ0) is 10.4. The van der Waals surface area contributed by atoms with Gasteiger partial charge in [0.25, 0.3) is 0 Å². The molecule has 2 N–H and O–H groups in total. The number of nitrogens with zero attached hydrogens (tertiary/aromatic N) is 1. The standard InChI is InChI=1S/C8H8N2O3S/c11-7(1-2-8(12)13)9-3-6-4-14-5-10-6/h1-2,4-5H,3H2,(H,9,11)(H,12,13). The third kappa shape index (κ3) is 3.81. The topological polar surface area (TPSA) is 79.3 Å². The summed E-state index contributed by atoms with van der Waals surface area (Å²) in [5.74, 6) is -1.59. The van der Waals surface area contributed by atoms with Crippen LogP contribution in [0.2, 0.25) is 0 Å². The summed E-state index contributed by atoms with van der Waals surface area (Å²) in [7, 11) is 0. The Bertz CT molecular complexity index is 345. The van der Waals surface area contributed by atoms with E-state index in [1.807, 2.05) is 0 Å². The zero-order valence-corrected chi connectivity index (χ0v) is 7.95. The molecular formula is C8H8N2O3S. The van der Waals surface area contributed by atoms with Crippen molar-refractivity contribution in [1.29, 1.82) is 0 Å². The summed E-state index contributed by atoms with van der Waals surface area (Å²) in [6, 6.07) is 0. The first-order valence-electron chi connectivity index (χ1n) is 3.74. The molecule has 0 bridgehead atoms. The minimum absolute atomic E-state index is 0.312. The first-order valence-corrected chi connectivity index (χ1v) is 4.68. The van der Waals surface area contributed by atoms with E-state index in [1.165, 1.54) is 11.3 Å². The fraction of sp³-hybridized carbons (Fsp3) is 0.125. The van der Waals surface area contributed by atoms with E-state index in [-0.39, 0.29) is 0 Å². The highest BCUT2D eigenvalue weighted by Crippen LogP contribution is 1.99. The van der Waals surface area contributed by atoms with Crippen molar-refractivity contribution in [3.8, 4) is 0 Å². The molecule has 0 saturated heterocycles. The third-order valence-electron chi connectivity index (χ3n) is 1.30. The van der Waals surface area contributed by atoms with Crippen molar-refractivity contribution in [3.63, 3.8) is 0 Å². The van der Waals surface area contributed by atoms with E-state index in [9.17, 15) is 9.59 Å². The quantitative estimate of drug-likeness (QED) is 0.708. The number of aliphatic carboxylic acids is 1. The normalized spacial score (nSPS) is 10.3. The molecule has 0 spiro atoms. The number of rotatable bonds is 4. The van der Waals surface area contributed by atoms with E-state index in [0.717, 1.165) is 17.8 Å². The van der Waals surface area contributed by atoms with E-state index < -0.39 is 11.9 Å². The van der Waals surface area contributed by atoms with Crippen LogP contribution in [0.15, 0.2) is 23.0 Å². The SMILES string of the molecule is O=C(O)C=CC(=O)NCc1cscn1. The van der Waals surface area contributed by atoms with Gasteiger partial charge in [0, 0.05) is 17.5 Å². The minimum atomic E-state index is -1.14. The number of amides is 1. The number of thiazole rings is 1. The van der Waals surface area contributed by atoms with Crippen LogP contribution in [0, 0.1) is 0 Å². The van der Waals surface area contributed by atoms with Gasteiger partial charge in [-0.05, 0) is 0 Å². The average Bonchev–Trinajstić information content (AvgIpc) is 2.63. The van der Waals surface area contributed by atoms with Gasteiger partial charge in [-0.3, -0.25) is 4.79 Å². The van der Waals surface area contributed by atoms with Crippen LogP contribution in [0.5, 0.6) is 0 Å². The predicted octanol–water partition coefficient (Wildman–Crippen LogP) is 0.400. The fourth-order valence-corrected chi connectivity index (χ4v) is 1.27.